The Morgan fingerprint density at radius 1 is 1.39 bits per heavy atom. The van der Waals surface area contributed by atoms with E-state index in [1.165, 1.54) is 0 Å². The average Bonchev–Trinajstić information content (AvgIpc) is 2.68. The van der Waals surface area contributed by atoms with Crippen molar-refractivity contribution >= 4 is 5.91 Å². The van der Waals surface area contributed by atoms with Gasteiger partial charge in [-0.2, -0.15) is 5.10 Å². The van der Waals surface area contributed by atoms with Crippen LogP contribution in [-0.2, 0) is 6.54 Å². The number of aromatic nitrogens is 3. The predicted molar refractivity (Wildman–Crippen MR) is 68.2 cm³/mol. The van der Waals surface area contributed by atoms with Crippen LogP contribution in [0.2, 0.25) is 0 Å². The molecule has 5 heteroatoms. The van der Waals surface area contributed by atoms with Crippen molar-refractivity contribution in [2.45, 2.75) is 27.3 Å². The van der Waals surface area contributed by atoms with Crippen molar-refractivity contribution in [2.75, 3.05) is 0 Å². The topological polar surface area (TPSA) is 70.7 Å². The number of nitrogens with one attached hydrogen (secondary N) is 2. The fourth-order valence-electron chi connectivity index (χ4n) is 1.83. The molecule has 2 N–H and O–H groups in total. The second-order valence-electron chi connectivity index (χ2n) is 4.29. The molecule has 0 aliphatic carbocycles. The minimum Gasteiger partial charge on any atom is -0.348 e. The van der Waals surface area contributed by atoms with Crippen LogP contribution in [0.5, 0.6) is 0 Å². The summed E-state index contributed by atoms with van der Waals surface area (Å²) in [6.45, 7) is 6.12. The smallest absolute Gasteiger partial charge is 0.255 e. The van der Waals surface area contributed by atoms with Gasteiger partial charge in [0.2, 0.25) is 0 Å². The van der Waals surface area contributed by atoms with Crippen LogP contribution in [0.25, 0.3) is 0 Å². The Morgan fingerprint density at radius 3 is 2.78 bits per heavy atom. The van der Waals surface area contributed by atoms with Crippen LogP contribution in [0.4, 0.5) is 0 Å². The minimum absolute atomic E-state index is 0.109. The molecule has 0 aromatic carbocycles. The van der Waals surface area contributed by atoms with Crippen molar-refractivity contribution in [3.63, 3.8) is 0 Å². The van der Waals surface area contributed by atoms with Crippen molar-refractivity contribution in [2.24, 2.45) is 0 Å². The number of nitrogens with zero attached hydrogens (tertiary/aromatic N) is 2. The van der Waals surface area contributed by atoms with Gasteiger partial charge in [0.05, 0.1) is 11.3 Å². The lowest BCUT2D eigenvalue weighted by Crippen LogP contribution is -2.24. The molecule has 2 aromatic heterocycles. The van der Waals surface area contributed by atoms with Crippen molar-refractivity contribution in [1.29, 1.82) is 0 Å². The van der Waals surface area contributed by atoms with Crippen molar-refractivity contribution < 1.29 is 4.79 Å². The summed E-state index contributed by atoms with van der Waals surface area (Å²) >= 11 is 0. The van der Waals surface area contributed by atoms with Crippen LogP contribution in [0.15, 0.2) is 18.5 Å². The summed E-state index contributed by atoms with van der Waals surface area (Å²) in [4.78, 5) is 16.1. The number of carbonyl (C=O) groups is 1. The Morgan fingerprint density at radius 2 is 2.17 bits per heavy atom. The third-order valence-corrected chi connectivity index (χ3v) is 2.94. The number of amides is 1. The molecule has 0 fully saturated rings. The highest BCUT2D eigenvalue weighted by Crippen LogP contribution is 2.10. The molecule has 0 unspecified atom stereocenters. The highest BCUT2D eigenvalue weighted by atomic mass is 16.1. The van der Waals surface area contributed by atoms with E-state index in [1.807, 2.05) is 26.8 Å². The van der Waals surface area contributed by atoms with Crippen molar-refractivity contribution in [3.05, 3.63) is 46.5 Å². The Labute approximate surface area is 106 Å². The molecule has 1 amide bonds. The molecule has 0 aliphatic heterocycles. The van der Waals surface area contributed by atoms with Gasteiger partial charge in [0.15, 0.2) is 0 Å². The first-order valence-electron chi connectivity index (χ1n) is 5.79. The summed E-state index contributed by atoms with van der Waals surface area (Å²) in [6, 6.07) is 1.93. The van der Waals surface area contributed by atoms with Gasteiger partial charge in [-0.25, -0.2) is 0 Å². The SMILES string of the molecule is Cc1ccncc1CNC(=O)c1c(C)n[nH]c1C. The second-order valence-corrected chi connectivity index (χ2v) is 4.29. The number of rotatable bonds is 3. The molecule has 0 aliphatic rings. The molecule has 0 saturated carbocycles. The van der Waals surface area contributed by atoms with Crippen LogP contribution < -0.4 is 5.32 Å². The van der Waals surface area contributed by atoms with Crippen LogP contribution in [0, 0.1) is 20.8 Å². The number of hydrogen-bond acceptors (Lipinski definition) is 3. The van der Waals surface area contributed by atoms with E-state index in [0.29, 0.717) is 17.8 Å². The van der Waals surface area contributed by atoms with Crippen LogP contribution >= 0.6 is 0 Å². The molecule has 0 spiro atoms. The first kappa shape index (κ1) is 12.3. The molecule has 18 heavy (non-hydrogen) atoms. The normalized spacial score (nSPS) is 10.4. The zero-order valence-electron chi connectivity index (χ0n) is 10.7. The first-order chi connectivity index (χ1) is 8.59. The lowest BCUT2D eigenvalue weighted by molar-refractivity contribution is 0.0949. The van der Waals surface area contributed by atoms with E-state index in [2.05, 4.69) is 20.5 Å². The standard InChI is InChI=1S/C13H16N4O/c1-8-4-5-14-6-11(8)7-15-13(18)12-9(2)16-17-10(12)3/h4-6H,7H2,1-3H3,(H,15,18)(H,16,17). The predicted octanol–water partition coefficient (Wildman–Crippen LogP) is 1.66. The van der Waals surface area contributed by atoms with Gasteiger partial charge in [0, 0.05) is 24.6 Å². The minimum atomic E-state index is -0.109. The number of pyridine rings is 1. The van der Waals surface area contributed by atoms with Crippen LogP contribution in [-0.4, -0.2) is 21.1 Å². The molecule has 0 bridgehead atoms. The zero-order chi connectivity index (χ0) is 13.1. The third kappa shape index (κ3) is 2.40. The monoisotopic (exact) mass is 244 g/mol. The Bertz CT molecular complexity index is 555. The van der Waals surface area contributed by atoms with E-state index in [-0.39, 0.29) is 5.91 Å². The summed E-state index contributed by atoms with van der Waals surface area (Å²) in [6.07, 6.45) is 3.51. The first-order valence-corrected chi connectivity index (χ1v) is 5.79. The van der Waals surface area contributed by atoms with Crippen molar-refractivity contribution in [1.82, 2.24) is 20.5 Å². The molecule has 2 aromatic rings. The van der Waals surface area contributed by atoms with E-state index in [4.69, 9.17) is 0 Å². The quantitative estimate of drug-likeness (QED) is 0.862. The van der Waals surface area contributed by atoms with E-state index in [9.17, 15) is 4.79 Å². The summed E-state index contributed by atoms with van der Waals surface area (Å²) in [5.41, 5.74) is 4.26. The molecular weight excluding hydrogens is 228 g/mol. The molecular formula is C13H16N4O. The second kappa shape index (κ2) is 5.00. The van der Waals surface area contributed by atoms with Crippen molar-refractivity contribution in [3.8, 4) is 0 Å². The molecule has 2 heterocycles. The Kier molecular flexibility index (Phi) is 3.41. The fourth-order valence-corrected chi connectivity index (χ4v) is 1.83. The molecule has 0 radical (unpaired) electrons. The number of aromatic amines is 1. The molecule has 94 valence electrons. The van der Waals surface area contributed by atoms with Crippen LogP contribution in [0.3, 0.4) is 0 Å². The van der Waals surface area contributed by atoms with E-state index in [0.717, 1.165) is 16.8 Å². The zero-order valence-corrected chi connectivity index (χ0v) is 10.7. The van der Waals surface area contributed by atoms with Crippen LogP contribution in [0.1, 0.15) is 32.9 Å². The number of carbonyl (C=O) groups excluding carboxylic acids is 1. The highest BCUT2D eigenvalue weighted by Gasteiger charge is 2.14. The van der Waals surface area contributed by atoms with Gasteiger partial charge in [-0.3, -0.25) is 14.9 Å². The van der Waals surface area contributed by atoms with Gasteiger partial charge < -0.3 is 5.32 Å². The van der Waals surface area contributed by atoms with Gasteiger partial charge in [-0.15, -0.1) is 0 Å². The van der Waals surface area contributed by atoms with Gasteiger partial charge in [-0.05, 0) is 38.0 Å². The Balaban J connectivity index is 2.08. The maximum atomic E-state index is 12.0. The highest BCUT2D eigenvalue weighted by molar-refractivity contribution is 5.96. The fraction of sp³-hybridized carbons (Fsp3) is 0.308. The molecule has 0 saturated heterocycles. The van der Waals surface area contributed by atoms with E-state index < -0.39 is 0 Å². The lowest BCUT2D eigenvalue weighted by atomic mass is 10.1. The van der Waals surface area contributed by atoms with E-state index >= 15 is 0 Å². The molecule has 2 rings (SSSR count). The Hall–Kier alpha value is -2.17. The third-order valence-electron chi connectivity index (χ3n) is 2.94. The number of hydrogen-bond donors (Lipinski definition) is 2. The van der Waals surface area contributed by atoms with Gasteiger partial charge in [-0.1, -0.05) is 0 Å². The van der Waals surface area contributed by atoms with Gasteiger partial charge in [0.25, 0.3) is 5.91 Å². The summed E-state index contributed by atoms with van der Waals surface area (Å²) in [5, 5.41) is 9.70. The largest absolute Gasteiger partial charge is 0.348 e. The number of H-pyrrole nitrogens is 1. The maximum absolute atomic E-state index is 12.0. The molecule has 0 atom stereocenters. The summed E-state index contributed by atoms with van der Waals surface area (Å²) in [5.74, 6) is -0.109. The maximum Gasteiger partial charge on any atom is 0.255 e. The van der Waals surface area contributed by atoms with E-state index in [1.54, 1.807) is 12.4 Å². The van der Waals surface area contributed by atoms with Gasteiger partial charge >= 0.3 is 0 Å². The summed E-state index contributed by atoms with van der Waals surface area (Å²) < 4.78 is 0. The molecule has 5 nitrogen and oxygen atoms in total. The van der Waals surface area contributed by atoms with Gasteiger partial charge in [0.1, 0.15) is 0 Å². The lowest BCUT2D eigenvalue weighted by Gasteiger charge is -2.07. The summed E-state index contributed by atoms with van der Waals surface area (Å²) in [7, 11) is 0. The average molecular weight is 244 g/mol. The number of aryl methyl sites for hydroxylation is 3.